The lowest BCUT2D eigenvalue weighted by Gasteiger charge is -2.08. The number of ether oxygens (including phenoxy) is 1. The van der Waals surface area contributed by atoms with Gasteiger partial charge in [-0.25, -0.2) is 9.78 Å². The van der Waals surface area contributed by atoms with E-state index in [-0.39, 0.29) is 11.5 Å². The van der Waals surface area contributed by atoms with Crippen LogP contribution in [0.25, 0.3) is 10.9 Å². The van der Waals surface area contributed by atoms with E-state index in [1.807, 2.05) is 6.07 Å². The van der Waals surface area contributed by atoms with Crippen LogP contribution in [-0.4, -0.2) is 22.6 Å². The molecule has 0 amide bonds. The molecule has 0 aliphatic carbocycles. The summed E-state index contributed by atoms with van der Waals surface area (Å²) in [6.07, 6.45) is 1.73. The van der Waals surface area contributed by atoms with Crippen molar-refractivity contribution in [2.24, 2.45) is 0 Å². The van der Waals surface area contributed by atoms with Crippen molar-refractivity contribution in [2.75, 3.05) is 7.11 Å². The monoisotopic (exact) mass is 372 g/mol. The van der Waals surface area contributed by atoms with E-state index in [0.717, 1.165) is 21.1 Å². The lowest BCUT2D eigenvalue weighted by Crippen LogP contribution is -2.19. The van der Waals surface area contributed by atoms with Crippen LogP contribution in [0.3, 0.4) is 0 Å². The zero-order valence-corrected chi connectivity index (χ0v) is 13.9. The minimum atomic E-state index is -0.381. The van der Waals surface area contributed by atoms with Crippen LogP contribution >= 0.6 is 15.9 Å². The first-order valence-electron chi connectivity index (χ1n) is 6.91. The summed E-state index contributed by atoms with van der Waals surface area (Å²) in [5.74, 6) is -0.381. The number of hydrogen-bond donors (Lipinski definition) is 0. The van der Waals surface area contributed by atoms with Crippen LogP contribution in [-0.2, 0) is 11.3 Å². The quantitative estimate of drug-likeness (QED) is 0.523. The average Bonchev–Trinajstić information content (AvgIpc) is 2.56. The molecule has 0 saturated heterocycles. The second-order valence-electron chi connectivity index (χ2n) is 5.04. The Morgan fingerprint density at radius 2 is 1.96 bits per heavy atom. The molecular formula is C17H13BrN2O3. The van der Waals surface area contributed by atoms with Crippen LogP contribution in [0.5, 0.6) is 0 Å². The molecule has 3 aromatic rings. The highest BCUT2D eigenvalue weighted by atomic mass is 79.9. The summed E-state index contributed by atoms with van der Waals surface area (Å²) in [5, 5.41) is 0.801. The predicted molar refractivity (Wildman–Crippen MR) is 90.6 cm³/mol. The fourth-order valence-electron chi connectivity index (χ4n) is 2.30. The van der Waals surface area contributed by atoms with Crippen molar-refractivity contribution in [1.29, 1.82) is 0 Å². The number of benzene rings is 1. The number of rotatable bonds is 3. The normalized spacial score (nSPS) is 10.7. The SMILES string of the molecule is COC(=O)c1ccc(Cn2cc3nc(Br)ccc3cc2=O)cc1. The van der Waals surface area contributed by atoms with E-state index in [1.165, 1.54) is 7.11 Å². The highest BCUT2D eigenvalue weighted by Gasteiger charge is 2.06. The van der Waals surface area contributed by atoms with Gasteiger partial charge >= 0.3 is 5.97 Å². The van der Waals surface area contributed by atoms with E-state index in [0.29, 0.717) is 12.1 Å². The van der Waals surface area contributed by atoms with Gasteiger partial charge < -0.3 is 9.30 Å². The Balaban J connectivity index is 1.93. The molecule has 2 aromatic heterocycles. The summed E-state index contributed by atoms with van der Waals surface area (Å²) in [5.41, 5.74) is 2.03. The summed E-state index contributed by atoms with van der Waals surface area (Å²) in [6, 6.07) is 12.2. The lowest BCUT2D eigenvalue weighted by molar-refractivity contribution is 0.0600. The minimum absolute atomic E-state index is 0.0985. The molecule has 0 radical (unpaired) electrons. The zero-order chi connectivity index (χ0) is 16.4. The van der Waals surface area contributed by atoms with Gasteiger partial charge in [-0.15, -0.1) is 0 Å². The second kappa shape index (κ2) is 6.34. The molecule has 3 rings (SSSR count). The van der Waals surface area contributed by atoms with E-state index in [4.69, 9.17) is 0 Å². The highest BCUT2D eigenvalue weighted by molar-refractivity contribution is 9.10. The smallest absolute Gasteiger partial charge is 0.337 e. The number of nitrogens with zero attached hydrogens (tertiary/aromatic N) is 2. The van der Waals surface area contributed by atoms with Crippen molar-refractivity contribution in [3.05, 3.63) is 74.7 Å². The standard InChI is InChI=1S/C17H13BrN2O3/c1-23-17(22)12-4-2-11(3-5-12)9-20-10-14-13(8-16(20)21)6-7-15(18)19-14/h2-8,10H,9H2,1H3. The van der Waals surface area contributed by atoms with Gasteiger partial charge in [-0.3, -0.25) is 4.79 Å². The lowest BCUT2D eigenvalue weighted by atomic mass is 10.1. The summed E-state index contributed by atoms with van der Waals surface area (Å²) >= 11 is 3.33. The predicted octanol–water partition coefficient (Wildman–Crippen LogP) is 2.99. The van der Waals surface area contributed by atoms with Crippen molar-refractivity contribution < 1.29 is 9.53 Å². The van der Waals surface area contributed by atoms with Gasteiger partial charge in [0, 0.05) is 17.6 Å². The maximum Gasteiger partial charge on any atom is 0.337 e. The van der Waals surface area contributed by atoms with Gasteiger partial charge in [-0.1, -0.05) is 12.1 Å². The fraction of sp³-hybridized carbons (Fsp3) is 0.118. The first-order valence-corrected chi connectivity index (χ1v) is 7.70. The van der Waals surface area contributed by atoms with Crippen molar-refractivity contribution in [1.82, 2.24) is 9.55 Å². The molecule has 0 unspecified atom stereocenters. The maximum absolute atomic E-state index is 12.2. The first kappa shape index (κ1) is 15.4. The fourth-order valence-corrected chi connectivity index (χ4v) is 2.62. The van der Waals surface area contributed by atoms with Crippen LogP contribution in [0.15, 0.2) is 58.1 Å². The number of aromatic nitrogens is 2. The van der Waals surface area contributed by atoms with Gasteiger partial charge in [0.2, 0.25) is 0 Å². The number of carbonyl (C=O) groups is 1. The summed E-state index contributed by atoms with van der Waals surface area (Å²) in [4.78, 5) is 28.0. The number of hydrogen-bond acceptors (Lipinski definition) is 4. The molecule has 23 heavy (non-hydrogen) atoms. The topological polar surface area (TPSA) is 61.2 Å². The maximum atomic E-state index is 12.2. The molecule has 0 fully saturated rings. The summed E-state index contributed by atoms with van der Waals surface area (Å²) < 4.78 is 6.98. The molecule has 6 heteroatoms. The summed E-state index contributed by atoms with van der Waals surface area (Å²) in [6.45, 7) is 0.407. The van der Waals surface area contributed by atoms with Gasteiger partial charge in [0.15, 0.2) is 0 Å². The number of carbonyl (C=O) groups excluding carboxylic acids is 1. The number of esters is 1. The molecular weight excluding hydrogens is 360 g/mol. The van der Waals surface area contributed by atoms with Crippen LogP contribution < -0.4 is 5.56 Å². The highest BCUT2D eigenvalue weighted by Crippen LogP contribution is 2.14. The van der Waals surface area contributed by atoms with E-state index < -0.39 is 0 Å². The molecule has 5 nitrogen and oxygen atoms in total. The second-order valence-corrected chi connectivity index (χ2v) is 5.85. The molecule has 116 valence electrons. The molecule has 0 aliphatic heterocycles. The summed E-state index contributed by atoms with van der Waals surface area (Å²) in [7, 11) is 1.34. The Morgan fingerprint density at radius 3 is 2.65 bits per heavy atom. The molecule has 0 spiro atoms. The minimum Gasteiger partial charge on any atom is -0.465 e. The molecule has 1 aromatic carbocycles. The third-order valence-electron chi connectivity index (χ3n) is 3.49. The van der Waals surface area contributed by atoms with Crippen LogP contribution in [0.1, 0.15) is 15.9 Å². The number of halogens is 1. The molecule has 0 saturated carbocycles. The third kappa shape index (κ3) is 3.32. The van der Waals surface area contributed by atoms with Gasteiger partial charge in [0.05, 0.1) is 24.7 Å². The Labute approximate surface area is 140 Å². The Bertz CT molecular complexity index is 933. The van der Waals surface area contributed by atoms with Crippen LogP contribution in [0.4, 0.5) is 0 Å². The van der Waals surface area contributed by atoms with Gasteiger partial charge in [0.1, 0.15) is 4.60 Å². The molecule has 0 aliphatic rings. The van der Waals surface area contributed by atoms with Crippen LogP contribution in [0.2, 0.25) is 0 Å². The first-order chi connectivity index (χ1) is 11.1. The van der Waals surface area contributed by atoms with Gasteiger partial charge in [-0.2, -0.15) is 0 Å². The van der Waals surface area contributed by atoms with E-state index >= 15 is 0 Å². The van der Waals surface area contributed by atoms with Crippen molar-refractivity contribution in [3.8, 4) is 0 Å². The molecule has 0 bridgehead atoms. The van der Waals surface area contributed by atoms with E-state index in [9.17, 15) is 9.59 Å². The van der Waals surface area contributed by atoms with Crippen LogP contribution in [0, 0.1) is 0 Å². The Hall–Kier alpha value is -2.47. The number of methoxy groups -OCH3 is 1. The van der Waals surface area contributed by atoms with E-state index in [2.05, 4.69) is 25.7 Å². The van der Waals surface area contributed by atoms with Crippen molar-refractivity contribution in [3.63, 3.8) is 0 Å². The Kier molecular flexibility index (Phi) is 4.25. The van der Waals surface area contributed by atoms with Crippen molar-refractivity contribution in [2.45, 2.75) is 6.54 Å². The Morgan fingerprint density at radius 1 is 1.22 bits per heavy atom. The number of fused-ring (bicyclic) bond motifs is 1. The van der Waals surface area contributed by atoms with Gasteiger partial charge in [-0.05, 0) is 45.8 Å². The average molecular weight is 373 g/mol. The van der Waals surface area contributed by atoms with Gasteiger partial charge in [0.25, 0.3) is 5.56 Å². The third-order valence-corrected chi connectivity index (χ3v) is 3.93. The molecule has 2 heterocycles. The molecule has 0 atom stereocenters. The van der Waals surface area contributed by atoms with Crippen molar-refractivity contribution >= 4 is 32.8 Å². The number of pyridine rings is 2. The zero-order valence-electron chi connectivity index (χ0n) is 12.3. The largest absolute Gasteiger partial charge is 0.465 e. The van der Waals surface area contributed by atoms with E-state index in [1.54, 1.807) is 47.2 Å². The molecule has 0 N–H and O–H groups in total.